The fourth-order valence-electron chi connectivity index (χ4n) is 0.775. The molecule has 0 aromatic heterocycles. The Morgan fingerprint density at radius 1 is 1.80 bits per heavy atom. The van der Waals surface area contributed by atoms with Crippen LogP contribution < -0.4 is 0 Å². The summed E-state index contributed by atoms with van der Waals surface area (Å²) in [6, 6.07) is 0. The molecule has 1 unspecified atom stereocenters. The molecule has 0 fully saturated rings. The van der Waals surface area contributed by atoms with Gasteiger partial charge >= 0.3 is 5.97 Å². The van der Waals surface area contributed by atoms with E-state index in [0.29, 0.717) is 0 Å². The number of carbonyl (C=O) groups is 1. The molecule has 0 saturated carbocycles. The molecule has 0 aliphatic carbocycles. The van der Waals surface area contributed by atoms with Gasteiger partial charge in [0.1, 0.15) is 0 Å². The maximum Gasteiger partial charge on any atom is 0.339 e. The van der Waals surface area contributed by atoms with Crippen molar-refractivity contribution in [3.8, 4) is 0 Å². The second kappa shape index (κ2) is 2.07. The van der Waals surface area contributed by atoms with Crippen LogP contribution in [0.4, 0.5) is 0 Å². The Kier molecular flexibility index (Phi) is 1.50. The number of hydrogen-bond donors (Lipinski definition) is 2. The molecule has 0 aromatic rings. The molecule has 0 aromatic carbocycles. The number of hydrogen-bond acceptors (Lipinski definition) is 4. The molecule has 56 valence electrons. The lowest BCUT2D eigenvalue weighted by atomic mass is 10.2. The van der Waals surface area contributed by atoms with Crippen LogP contribution in [-0.2, 0) is 9.53 Å². The third-order valence-corrected chi connectivity index (χ3v) is 1.17. The lowest BCUT2D eigenvalue weighted by molar-refractivity contribution is -0.173. The second-order valence-electron chi connectivity index (χ2n) is 2.27. The smallest absolute Gasteiger partial charge is 0.339 e. The zero-order valence-electron chi connectivity index (χ0n) is 5.50. The summed E-state index contributed by atoms with van der Waals surface area (Å²) >= 11 is 0. The number of carbonyl (C=O) groups excluding carboxylic acids is 1. The minimum Gasteiger partial charge on any atom is -0.426 e. The van der Waals surface area contributed by atoms with Crippen LogP contribution in [0.1, 0.15) is 6.92 Å². The van der Waals surface area contributed by atoms with Crippen LogP contribution in [0.2, 0.25) is 0 Å². The molecular formula is C6H8O4. The Balaban J connectivity index is 2.82. The van der Waals surface area contributed by atoms with Gasteiger partial charge in [-0.25, -0.2) is 4.79 Å². The molecule has 1 heterocycles. The van der Waals surface area contributed by atoms with E-state index in [1.54, 1.807) is 0 Å². The number of cyclic esters (lactones) is 1. The molecule has 4 nitrogen and oxygen atoms in total. The average molecular weight is 144 g/mol. The maximum atomic E-state index is 10.6. The van der Waals surface area contributed by atoms with E-state index < -0.39 is 18.4 Å². The summed E-state index contributed by atoms with van der Waals surface area (Å²) in [6.07, 6.45) is 1.19. The second-order valence-corrected chi connectivity index (χ2v) is 2.27. The number of esters is 1. The largest absolute Gasteiger partial charge is 0.426 e. The van der Waals surface area contributed by atoms with E-state index in [-0.39, 0.29) is 5.57 Å². The topological polar surface area (TPSA) is 66.8 Å². The zero-order valence-corrected chi connectivity index (χ0v) is 5.50. The van der Waals surface area contributed by atoms with Crippen molar-refractivity contribution in [1.29, 1.82) is 0 Å². The Labute approximate surface area is 57.7 Å². The molecule has 0 saturated heterocycles. The Hall–Kier alpha value is -0.870. The molecule has 0 radical (unpaired) electrons. The van der Waals surface area contributed by atoms with Crippen LogP contribution in [0.15, 0.2) is 11.6 Å². The molecule has 0 amide bonds. The van der Waals surface area contributed by atoms with Crippen LogP contribution in [0.5, 0.6) is 0 Å². The molecule has 10 heavy (non-hydrogen) atoms. The average Bonchev–Trinajstić information content (AvgIpc) is 2.05. The molecule has 0 bridgehead atoms. The van der Waals surface area contributed by atoms with E-state index >= 15 is 0 Å². The summed E-state index contributed by atoms with van der Waals surface area (Å²) in [5.41, 5.74) is 0.102. The highest BCUT2D eigenvalue weighted by molar-refractivity contribution is 5.91. The SMILES string of the molecule is CC1(O)C=C(CO)C(=O)O1. The fraction of sp³-hybridized carbons (Fsp3) is 0.500. The highest BCUT2D eigenvalue weighted by Gasteiger charge is 2.32. The van der Waals surface area contributed by atoms with E-state index in [1.165, 1.54) is 13.0 Å². The van der Waals surface area contributed by atoms with Crippen LogP contribution in [-0.4, -0.2) is 28.6 Å². The van der Waals surface area contributed by atoms with E-state index in [1.807, 2.05) is 0 Å². The Morgan fingerprint density at radius 3 is 2.60 bits per heavy atom. The van der Waals surface area contributed by atoms with Crippen molar-refractivity contribution < 1.29 is 19.7 Å². The van der Waals surface area contributed by atoms with Crippen molar-refractivity contribution in [2.45, 2.75) is 12.7 Å². The fourth-order valence-corrected chi connectivity index (χ4v) is 0.775. The standard InChI is InChI=1S/C6H8O4/c1-6(9)2-4(3-7)5(8)10-6/h2,7,9H,3H2,1H3. The summed E-state index contributed by atoms with van der Waals surface area (Å²) in [5.74, 6) is -2.19. The Morgan fingerprint density at radius 2 is 2.40 bits per heavy atom. The lowest BCUT2D eigenvalue weighted by Gasteiger charge is -2.11. The minimum absolute atomic E-state index is 0.102. The van der Waals surface area contributed by atoms with Crippen molar-refractivity contribution in [2.75, 3.05) is 6.61 Å². The molecule has 0 spiro atoms. The van der Waals surface area contributed by atoms with Gasteiger partial charge in [0.25, 0.3) is 0 Å². The summed E-state index contributed by atoms with van der Waals surface area (Å²) in [5, 5.41) is 17.5. The van der Waals surface area contributed by atoms with Gasteiger partial charge in [-0.15, -0.1) is 0 Å². The van der Waals surface area contributed by atoms with Gasteiger partial charge in [0.15, 0.2) is 0 Å². The molecule has 1 atom stereocenters. The van der Waals surface area contributed by atoms with Gasteiger partial charge in [0, 0.05) is 6.92 Å². The van der Waals surface area contributed by atoms with Crippen LogP contribution in [0.25, 0.3) is 0 Å². The monoisotopic (exact) mass is 144 g/mol. The van der Waals surface area contributed by atoms with Gasteiger partial charge in [-0.2, -0.15) is 0 Å². The predicted octanol–water partition coefficient (Wildman–Crippen LogP) is -0.830. The van der Waals surface area contributed by atoms with Crippen molar-refractivity contribution in [3.63, 3.8) is 0 Å². The van der Waals surface area contributed by atoms with Gasteiger partial charge in [-0.1, -0.05) is 0 Å². The first-order valence-corrected chi connectivity index (χ1v) is 2.83. The van der Waals surface area contributed by atoms with Crippen molar-refractivity contribution in [2.24, 2.45) is 0 Å². The van der Waals surface area contributed by atoms with Gasteiger partial charge in [-0.05, 0) is 6.08 Å². The molecular weight excluding hydrogens is 136 g/mol. The van der Waals surface area contributed by atoms with Crippen LogP contribution in [0, 0.1) is 0 Å². The number of rotatable bonds is 1. The number of aliphatic hydroxyl groups is 2. The quantitative estimate of drug-likeness (QED) is 0.471. The van der Waals surface area contributed by atoms with Gasteiger partial charge in [0.05, 0.1) is 12.2 Å². The molecule has 4 heteroatoms. The third kappa shape index (κ3) is 1.17. The van der Waals surface area contributed by atoms with E-state index in [0.717, 1.165) is 0 Å². The zero-order chi connectivity index (χ0) is 7.78. The van der Waals surface area contributed by atoms with E-state index in [2.05, 4.69) is 4.74 Å². The van der Waals surface area contributed by atoms with Crippen LogP contribution >= 0.6 is 0 Å². The first-order valence-electron chi connectivity index (χ1n) is 2.83. The first-order chi connectivity index (χ1) is 4.55. The normalized spacial score (nSPS) is 31.9. The first kappa shape index (κ1) is 7.24. The maximum absolute atomic E-state index is 10.6. The Bertz CT molecular complexity index is 192. The predicted molar refractivity (Wildman–Crippen MR) is 31.9 cm³/mol. The van der Waals surface area contributed by atoms with E-state index in [4.69, 9.17) is 10.2 Å². The van der Waals surface area contributed by atoms with E-state index in [9.17, 15) is 4.79 Å². The summed E-state index contributed by atoms with van der Waals surface area (Å²) in [4.78, 5) is 10.6. The van der Waals surface area contributed by atoms with Crippen molar-refractivity contribution >= 4 is 5.97 Å². The number of aliphatic hydroxyl groups excluding tert-OH is 1. The molecule has 1 rings (SSSR count). The number of ether oxygens (including phenoxy) is 1. The summed E-state index contributed by atoms with van der Waals surface area (Å²) in [7, 11) is 0. The highest BCUT2D eigenvalue weighted by atomic mass is 16.7. The lowest BCUT2D eigenvalue weighted by Crippen LogP contribution is -2.22. The van der Waals surface area contributed by atoms with Gasteiger partial charge < -0.3 is 14.9 Å². The van der Waals surface area contributed by atoms with Crippen molar-refractivity contribution in [1.82, 2.24) is 0 Å². The summed E-state index contributed by atoms with van der Waals surface area (Å²) < 4.78 is 4.42. The van der Waals surface area contributed by atoms with Gasteiger partial charge in [-0.3, -0.25) is 0 Å². The molecule has 1 aliphatic rings. The third-order valence-electron chi connectivity index (χ3n) is 1.17. The summed E-state index contributed by atoms with van der Waals surface area (Å²) in [6.45, 7) is 0.933. The molecule has 1 aliphatic heterocycles. The van der Waals surface area contributed by atoms with Crippen molar-refractivity contribution in [3.05, 3.63) is 11.6 Å². The van der Waals surface area contributed by atoms with Crippen LogP contribution in [0.3, 0.4) is 0 Å². The highest BCUT2D eigenvalue weighted by Crippen LogP contribution is 2.20. The molecule has 2 N–H and O–H groups in total. The van der Waals surface area contributed by atoms with Gasteiger partial charge in [0.2, 0.25) is 5.79 Å². The minimum atomic E-state index is -1.53.